The number of carboxylic acids is 1. The van der Waals surface area contributed by atoms with Crippen molar-refractivity contribution in [2.45, 2.75) is 25.1 Å². The Morgan fingerprint density at radius 3 is 2.64 bits per heavy atom. The van der Waals surface area contributed by atoms with Crippen LogP contribution >= 0.6 is 0 Å². The molecule has 1 unspecified atom stereocenters. The Balaban J connectivity index is 2.01. The zero-order valence-corrected chi connectivity index (χ0v) is 11.3. The van der Waals surface area contributed by atoms with E-state index in [4.69, 9.17) is 5.11 Å². The number of nitrogens with zero attached hydrogens (tertiary/aromatic N) is 1. The van der Waals surface area contributed by atoms with E-state index in [1.165, 1.54) is 18.2 Å². The predicted molar refractivity (Wildman–Crippen MR) is 67.4 cm³/mol. The third-order valence-corrected chi connectivity index (χ3v) is 2.99. The van der Waals surface area contributed by atoms with Crippen LogP contribution in [0.25, 0.3) is 0 Å². The highest BCUT2D eigenvalue weighted by atomic mass is 19.4. The maximum atomic E-state index is 12.1. The smallest absolute Gasteiger partial charge is 0.422 e. The van der Waals surface area contributed by atoms with Crippen LogP contribution in [-0.2, 0) is 4.79 Å². The number of rotatable bonds is 6. The number of pyridine rings is 1. The maximum Gasteiger partial charge on any atom is 0.422 e. The van der Waals surface area contributed by atoms with E-state index in [0.717, 1.165) is 0 Å². The fourth-order valence-electron chi connectivity index (χ4n) is 1.80. The van der Waals surface area contributed by atoms with Crippen LogP contribution in [0.5, 0.6) is 5.88 Å². The molecule has 0 saturated heterocycles. The van der Waals surface area contributed by atoms with Crippen molar-refractivity contribution in [3.05, 3.63) is 23.9 Å². The second-order valence-corrected chi connectivity index (χ2v) is 4.89. The van der Waals surface area contributed by atoms with E-state index >= 15 is 0 Å². The third kappa shape index (κ3) is 4.61. The molecule has 0 radical (unpaired) electrons. The molecule has 22 heavy (non-hydrogen) atoms. The quantitative estimate of drug-likeness (QED) is 0.832. The highest BCUT2D eigenvalue weighted by molar-refractivity contribution is 5.95. The van der Waals surface area contributed by atoms with Crippen molar-refractivity contribution in [2.24, 2.45) is 5.92 Å². The molecule has 1 amide bonds. The molecule has 9 heteroatoms. The number of carbonyl (C=O) groups is 2. The monoisotopic (exact) mass is 318 g/mol. The van der Waals surface area contributed by atoms with Gasteiger partial charge in [0, 0.05) is 6.07 Å². The molecule has 1 atom stereocenters. The van der Waals surface area contributed by atoms with E-state index in [1.54, 1.807) is 0 Å². The maximum absolute atomic E-state index is 12.1. The van der Waals surface area contributed by atoms with Crippen LogP contribution in [0.4, 0.5) is 13.2 Å². The van der Waals surface area contributed by atoms with E-state index in [2.05, 4.69) is 15.0 Å². The molecule has 0 spiro atoms. The van der Waals surface area contributed by atoms with Crippen LogP contribution in [0.3, 0.4) is 0 Å². The lowest BCUT2D eigenvalue weighted by molar-refractivity contribution is -0.154. The molecular formula is C13H13F3N2O4. The second-order valence-electron chi connectivity index (χ2n) is 4.89. The number of alkyl halides is 3. The van der Waals surface area contributed by atoms with Gasteiger partial charge in [-0.2, -0.15) is 13.2 Å². The Bertz CT molecular complexity index is 573. The lowest BCUT2D eigenvalue weighted by Crippen LogP contribution is -2.42. The summed E-state index contributed by atoms with van der Waals surface area (Å²) in [5.74, 6) is -2.40. The molecular weight excluding hydrogens is 305 g/mol. The van der Waals surface area contributed by atoms with Gasteiger partial charge in [0.1, 0.15) is 11.7 Å². The first-order valence-electron chi connectivity index (χ1n) is 6.46. The summed E-state index contributed by atoms with van der Waals surface area (Å²) in [6, 6.07) is 2.73. The molecule has 1 fully saturated rings. The summed E-state index contributed by atoms with van der Waals surface area (Å²) < 4.78 is 40.6. The lowest BCUT2D eigenvalue weighted by atomic mass is 10.2. The standard InChI is InChI=1S/C13H13F3N2O4/c14-13(15,16)6-22-9-3-1-2-8(17-9)11(19)18-10(12(20)21)7-4-5-7/h1-3,7,10H,4-6H2,(H,18,19)(H,20,21). The summed E-state index contributed by atoms with van der Waals surface area (Å²) in [4.78, 5) is 26.6. The number of hydrogen-bond donors (Lipinski definition) is 2. The van der Waals surface area contributed by atoms with Gasteiger partial charge < -0.3 is 15.2 Å². The first-order chi connectivity index (χ1) is 10.3. The SMILES string of the molecule is O=C(NC(C(=O)O)C1CC1)c1cccc(OCC(F)(F)F)n1. The van der Waals surface area contributed by atoms with Crippen molar-refractivity contribution in [1.82, 2.24) is 10.3 Å². The van der Waals surface area contributed by atoms with Gasteiger partial charge in [0.15, 0.2) is 6.61 Å². The van der Waals surface area contributed by atoms with Crippen molar-refractivity contribution in [2.75, 3.05) is 6.61 Å². The first-order valence-corrected chi connectivity index (χ1v) is 6.46. The van der Waals surface area contributed by atoms with Gasteiger partial charge in [-0.1, -0.05) is 6.07 Å². The number of carboxylic acid groups (broad SMARTS) is 1. The van der Waals surface area contributed by atoms with Gasteiger partial charge >= 0.3 is 12.1 Å². The topological polar surface area (TPSA) is 88.5 Å². The van der Waals surface area contributed by atoms with Gasteiger partial charge in [-0.25, -0.2) is 9.78 Å². The van der Waals surface area contributed by atoms with Gasteiger partial charge in [0.2, 0.25) is 5.88 Å². The summed E-state index contributed by atoms with van der Waals surface area (Å²) in [5, 5.41) is 11.3. The van der Waals surface area contributed by atoms with Gasteiger partial charge in [-0.15, -0.1) is 0 Å². The van der Waals surface area contributed by atoms with Crippen LogP contribution in [0.1, 0.15) is 23.3 Å². The van der Waals surface area contributed by atoms with Crippen LogP contribution in [-0.4, -0.2) is 40.8 Å². The normalized spacial score (nSPS) is 16.0. The van der Waals surface area contributed by atoms with Crippen molar-refractivity contribution in [3.63, 3.8) is 0 Å². The van der Waals surface area contributed by atoms with Crippen LogP contribution < -0.4 is 10.1 Å². The fraction of sp³-hybridized carbons (Fsp3) is 0.462. The number of nitrogens with one attached hydrogen (secondary N) is 1. The minimum Gasteiger partial charge on any atom is -0.480 e. The first kappa shape index (κ1) is 16.1. The zero-order valence-electron chi connectivity index (χ0n) is 11.3. The highest BCUT2D eigenvalue weighted by Crippen LogP contribution is 2.32. The summed E-state index contributed by atoms with van der Waals surface area (Å²) in [7, 11) is 0. The molecule has 1 aromatic rings. The van der Waals surface area contributed by atoms with E-state index in [0.29, 0.717) is 12.8 Å². The molecule has 6 nitrogen and oxygen atoms in total. The molecule has 2 rings (SSSR count). The number of amides is 1. The minimum atomic E-state index is -4.51. The Hall–Kier alpha value is -2.32. The average molecular weight is 318 g/mol. The number of halogens is 3. The molecule has 2 N–H and O–H groups in total. The average Bonchev–Trinajstić information content (AvgIpc) is 3.26. The largest absolute Gasteiger partial charge is 0.480 e. The lowest BCUT2D eigenvalue weighted by Gasteiger charge is -2.13. The Labute approximate surface area is 123 Å². The summed E-state index contributed by atoms with van der Waals surface area (Å²) in [6.45, 7) is -1.52. The van der Waals surface area contributed by atoms with Gasteiger partial charge in [-0.05, 0) is 24.8 Å². The van der Waals surface area contributed by atoms with Crippen molar-refractivity contribution in [1.29, 1.82) is 0 Å². The Morgan fingerprint density at radius 2 is 2.09 bits per heavy atom. The number of hydrogen-bond acceptors (Lipinski definition) is 4. The van der Waals surface area contributed by atoms with E-state index in [9.17, 15) is 22.8 Å². The summed E-state index contributed by atoms with van der Waals surface area (Å²) in [6.07, 6.45) is -3.10. The van der Waals surface area contributed by atoms with Gasteiger partial charge in [-0.3, -0.25) is 4.79 Å². The fourth-order valence-corrected chi connectivity index (χ4v) is 1.80. The number of ether oxygens (including phenoxy) is 1. The number of aromatic nitrogens is 1. The molecule has 0 bridgehead atoms. The predicted octanol–water partition coefficient (Wildman–Crippen LogP) is 1.62. The third-order valence-electron chi connectivity index (χ3n) is 2.99. The molecule has 0 aromatic carbocycles. The Kier molecular flexibility index (Phi) is 4.53. The zero-order chi connectivity index (χ0) is 16.3. The molecule has 1 saturated carbocycles. The summed E-state index contributed by atoms with van der Waals surface area (Å²) in [5.41, 5.74) is -0.202. The van der Waals surface area contributed by atoms with E-state index in [1.807, 2.05) is 0 Å². The summed E-state index contributed by atoms with van der Waals surface area (Å²) >= 11 is 0. The molecule has 1 heterocycles. The van der Waals surface area contributed by atoms with E-state index in [-0.39, 0.29) is 17.5 Å². The minimum absolute atomic E-state index is 0.119. The van der Waals surface area contributed by atoms with Crippen LogP contribution in [0.2, 0.25) is 0 Å². The second kappa shape index (κ2) is 6.20. The molecule has 120 valence electrons. The molecule has 1 aliphatic rings. The number of carbonyl (C=O) groups excluding carboxylic acids is 1. The highest BCUT2D eigenvalue weighted by Gasteiger charge is 2.37. The molecule has 0 aliphatic heterocycles. The van der Waals surface area contributed by atoms with Crippen LogP contribution in [0.15, 0.2) is 18.2 Å². The van der Waals surface area contributed by atoms with Gasteiger partial charge in [0.25, 0.3) is 5.91 Å². The van der Waals surface area contributed by atoms with Gasteiger partial charge in [0.05, 0.1) is 0 Å². The Morgan fingerprint density at radius 1 is 1.41 bits per heavy atom. The molecule has 1 aliphatic carbocycles. The van der Waals surface area contributed by atoms with Crippen LogP contribution in [0, 0.1) is 5.92 Å². The van der Waals surface area contributed by atoms with Crippen molar-refractivity contribution < 1.29 is 32.6 Å². The van der Waals surface area contributed by atoms with Crippen molar-refractivity contribution in [3.8, 4) is 5.88 Å². The van der Waals surface area contributed by atoms with E-state index < -0.39 is 30.7 Å². The van der Waals surface area contributed by atoms with Crippen molar-refractivity contribution >= 4 is 11.9 Å². The molecule has 1 aromatic heterocycles. The number of aliphatic carboxylic acids is 1.